The Balaban J connectivity index is 1.93. The van der Waals surface area contributed by atoms with Gasteiger partial charge >= 0.3 is 0 Å². The fourth-order valence-electron chi connectivity index (χ4n) is 2.64. The Morgan fingerprint density at radius 2 is 1.76 bits per heavy atom. The summed E-state index contributed by atoms with van der Waals surface area (Å²) < 4.78 is 27.2. The standard InChI is InChI=1S/C21H16ClN3O3S/c1-25(18-8-3-2-4-9-18)29(27,28)20-13-16(10-11-19(20)22)21(26)24-17-7-5-6-15(12-17)14-23/h2-13H,1H3,(H,24,26). The fourth-order valence-corrected chi connectivity index (χ4v) is 4.33. The summed E-state index contributed by atoms with van der Waals surface area (Å²) in [6.07, 6.45) is 0. The highest BCUT2D eigenvalue weighted by Gasteiger charge is 2.25. The first-order chi connectivity index (χ1) is 13.8. The first-order valence-electron chi connectivity index (χ1n) is 8.48. The minimum Gasteiger partial charge on any atom is -0.322 e. The third-order valence-corrected chi connectivity index (χ3v) is 6.47. The summed E-state index contributed by atoms with van der Waals surface area (Å²) in [5.41, 5.74) is 1.41. The van der Waals surface area contributed by atoms with Gasteiger partial charge in [-0.05, 0) is 48.5 Å². The molecule has 3 rings (SSSR count). The van der Waals surface area contributed by atoms with E-state index >= 15 is 0 Å². The summed E-state index contributed by atoms with van der Waals surface area (Å²) in [6.45, 7) is 0. The molecular weight excluding hydrogens is 410 g/mol. The van der Waals surface area contributed by atoms with E-state index in [0.29, 0.717) is 16.9 Å². The number of benzene rings is 3. The number of rotatable bonds is 5. The second-order valence-electron chi connectivity index (χ2n) is 6.10. The lowest BCUT2D eigenvalue weighted by Gasteiger charge is -2.20. The fraction of sp³-hybridized carbons (Fsp3) is 0.0476. The molecule has 0 radical (unpaired) electrons. The molecule has 1 amide bonds. The van der Waals surface area contributed by atoms with Gasteiger partial charge in [0.25, 0.3) is 15.9 Å². The Labute approximate surface area is 174 Å². The molecule has 0 saturated carbocycles. The van der Waals surface area contributed by atoms with Crippen LogP contribution in [0.25, 0.3) is 0 Å². The third kappa shape index (κ3) is 4.40. The van der Waals surface area contributed by atoms with Crippen LogP contribution in [0.2, 0.25) is 5.02 Å². The Hall–Kier alpha value is -3.34. The van der Waals surface area contributed by atoms with Crippen LogP contribution in [-0.4, -0.2) is 21.4 Å². The first kappa shape index (κ1) is 20.4. The topological polar surface area (TPSA) is 90.3 Å². The Kier molecular flexibility index (Phi) is 5.87. The molecule has 0 saturated heterocycles. The van der Waals surface area contributed by atoms with E-state index in [0.717, 1.165) is 4.31 Å². The average molecular weight is 426 g/mol. The van der Waals surface area contributed by atoms with Crippen molar-refractivity contribution in [2.45, 2.75) is 4.90 Å². The number of carbonyl (C=O) groups excluding carboxylic acids is 1. The lowest BCUT2D eigenvalue weighted by atomic mass is 10.2. The predicted molar refractivity (Wildman–Crippen MR) is 113 cm³/mol. The lowest BCUT2D eigenvalue weighted by Crippen LogP contribution is -2.27. The molecular formula is C21H16ClN3O3S. The molecule has 0 heterocycles. The Bertz CT molecular complexity index is 1210. The van der Waals surface area contributed by atoms with Gasteiger partial charge in [0.05, 0.1) is 22.3 Å². The van der Waals surface area contributed by atoms with Crippen molar-refractivity contribution in [1.29, 1.82) is 5.26 Å². The highest BCUT2D eigenvalue weighted by Crippen LogP contribution is 2.28. The predicted octanol–water partition coefficient (Wildman–Crippen LogP) is 4.29. The van der Waals surface area contributed by atoms with Crippen molar-refractivity contribution in [1.82, 2.24) is 0 Å². The van der Waals surface area contributed by atoms with E-state index in [1.165, 1.54) is 31.3 Å². The number of amides is 1. The van der Waals surface area contributed by atoms with Gasteiger partial charge in [-0.25, -0.2) is 8.42 Å². The quantitative estimate of drug-likeness (QED) is 0.660. The van der Waals surface area contributed by atoms with Crippen molar-refractivity contribution in [2.75, 3.05) is 16.7 Å². The molecule has 6 nitrogen and oxygen atoms in total. The van der Waals surface area contributed by atoms with E-state index in [-0.39, 0.29) is 15.5 Å². The van der Waals surface area contributed by atoms with Crippen LogP contribution >= 0.6 is 11.6 Å². The summed E-state index contributed by atoms with van der Waals surface area (Å²) in [7, 11) is -2.57. The van der Waals surface area contributed by atoms with Gasteiger partial charge in [0.2, 0.25) is 0 Å². The van der Waals surface area contributed by atoms with E-state index in [1.807, 2.05) is 6.07 Å². The number of para-hydroxylation sites is 1. The highest BCUT2D eigenvalue weighted by atomic mass is 35.5. The van der Waals surface area contributed by atoms with Gasteiger partial charge in [-0.1, -0.05) is 35.9 Å². The van der Waals surface area contributed by atoms with Gasteiger partial charge in [0, 0.05) is 18.3 Å². The third-order valence-electron chi connectivity index (χ3n) is 4.20. The number of carbonyl (C=O) groups is 1. The lowest BCUT2D eigenvalue weighted by molar-refractivity contribution is 0.102. The largest absolute Gasteiger partial charge is 0.322 e. The smallest absolute Gasteiger partial charge is 0.265 e. The minimum absolute atomic E-state index is 0.0100. The molecule has 8 heteroatoms. The molecule has 1 N–H and O–H groups in total. The maximum atomic E-state index is 13.0. The zero-order chi connectivity index (χ0) is 21.0. The summed E-state index contributed by atoms with van der Waals surface area (Å²) in [5, 5.41) is 11.6. The van der Waals surface area contributed by atoms with Gasteiger partial charge in [-0.15, -0.1) is 0 Å². The van der Waals surface area contributed by atoms with Gasteiger partial charge in [0.15, 0.2) is 0 Å². The first-order valence-corrected chi connectivity index (χ1v) is 10.3. The molecule has 0 bridgehead atoms. The van der Waals surface area contributed by atoms with Crippen LogP contribution < -0.4 is 9.62 Å². The number of sulfonamides is 1. The molecule has 0 aliphatic rings. The number of hydrogen-bond donors (Lipinski definition) is 1. The SMILES string of the molecule is CN(c1ccccc1)S(=O)(=O)c1cc(C(=O)Nc2cccc(C#N)c2)ccc1Cl. The van der Waals surface area contributed by atoms with Crippen LogP contribution in [0.4, 0.5) is 11.4 Å². The monoisotopic (exact) mass is 425 g/mol. The second-order valence-corrected chi connectivity index (χ2v) is 8.44. The minimum atomic E-state index is -3.98. The van der Waals surface area contributed by atoms with Gasteiger partial charge in [-0.3, -0.25) is 9.10 Å². The van der Waals surface area contributed by atoms with Gasteiger partial charge in [-0.2, -0.15) is 5.26 Å². The van der Waals surface area contributed by atoms with E-state index in [2.05, 4.69) is 5.32 Å². The molecule has 0 aliphatic heterocycles. The summed E-state index contributed by atoms with van der Waals surface area (Å²) in [6, 6.07) is 21.0. The number of anilines is 2. The molecule has 0 aliphatic carbocycles. The molecule has 0 aromatic heterocycles. The number of nitrogens with one attached hydrogen (secondary N) is 1. The number of nitriles is 1. The van der Waals surface area contributed by atoms with Crippen LogP contribution in [0.1, 0.15) is 15.9 Å². The van der Waals surface area contributed by atoms with Crippen molar-refractivity contribution in [3.63, 3.8) is 0 Å². The molecule has 3 aromatic rings. The molecule has 0 fully saturated rings. The Morgan fingerprint density at radius 1 is 1.03 bits per heavy atom. The van der Waals surface area contributed by atoms with Gasteiger partial charge < -0.3 is 5.32 Å². The maximum absolute atomic E-state index is 13.0. The zero-order valence-corrected chi connectivity index (χ0v) is 16.9. The van der Waals surface area contributed by atoms with Gasteiger partial charge in [0.1, 0.15) is 4.90 Å². The summed E-state index contributed by atoms with van der Waals surface area (Å²) in [4.78, 5) is 12.4. The Morgan fingerprint density at radius 3 is 2.45 bits per heavy atom. The van der Waals surface area contributed by atoms with Crippen molar-refractivity contribution < 1.29 is 13.2 Å². The summed E-state index contributed by atoms with van der Waals surface area (Å²) >= 11 is 6.14. The molecule has 0 unspecified atom stereocenters. The molecule has 3 aromatic carbocycles. The highest BCUT2D eigenvalue weighted by molar-refractivity contribution is 7.93. The molecule has 29 heavy (non-hydrogen) atoms. The van der Waals surface area contributed by atoms with Crippen LogP contribution in [0.3, 0.4) is 0 Å². The van der Waals surface area contributed by atoms with Crippen molar-refractivity contribution >= 4 is 38.9 Å². The van der Waals surface area contributed by atoms with E-state index in [4.69, 9.17) is 16.9 Å². The van der Waals surface area contributed by atoms with Crippen LogP contribution in [0, 0.1) is 11.3 Å². The second kappa shape index (κ2) is 8.35. The van der Waals surface area contributed by atoms with Crippen LogP contribution in [-0.2, 0) is 10.0 Å². The summed E-state index contributed by atoms with van der Waals surface area (Å²) in [5.74, 6) is -0.518. The molecule has 0 atom stereocenters. The normalized spacial score (nSPS) is 10.8. The van der Waals surface area contributed by atoms with Crippen molar-refractivity contribution in [3.8, 4) is 6.07 Å². The number of hydrogen-bond acceptors (Lipinski definition) is 4. The van der Waals surface area contributed by atoms with Crippen molar-refractivity contribution in [2.24, 2.45) is 0 Å². The maximum Gasteiger partial charge on any atom is 0.265 e. The van der Waals surface area contributed by atoms with E-state index < -0.39 is 15.9 Å². The van der Waals surface area contributed by atoms with Crippen LogP contribution in [0.15, 0.2) is 77.7 Å². The van der Waals surface area contributed by atoms with E-state index in [1.54, 1.807) is 48.5 Å². The molecule has 146 valence electrons. The number of halogens is 1. The molecule has 0 spiro atoms. The zero-order valence-electron chi connectivity index (χ0n) is 15.3. The average Bonchev–Trinajstić information content (AvgIpc) is 2.74. The van der Waals surface area contributed by atoms with E-state index in [9.17, 15) is 13.2 Å². The van der Waals surface area contributed by atoms with Crippen molar-refractivity contribution in [3.05, 3.63) is 88.9 Å². The van der Waals surface area contributed by atoms with Crippen LogP contribution in [0.5, 0.6) is 0 Å². The number of nitrogens with zero attached hydrogens (tertiary/aromatic N) is 2.